The minimum atomic E-state index is -0.537. The van der Waals surface area contributed by atoms with E-state index >= 15 is 0 Å². The van der Waals surface area contributed by atoms with E-state index in [1.54, 1.807) is 31.0 Å². The van der Waals surface area contributed by atoms with E-state index in [1.807, 2.05) is 13.0 Å². The van der Waals surface area contributed by atoms with Gasteiger partial charge in [-0.2, -0.15) is 0 Å². The molecule has 1 unspecified atom stereocenters. The summed E-state index contributed by atoms with van der Waals surface area (Å²) in [6.45, 7) is 5.91. The van der Waals surface area contributed by atoms with Gasteiger partial charge in [-0.15, -0.1) is 0 Å². The van der Waals surface area contributed by atoms with Gasteiger partial charge in [0.1, 0.15) is 6.04 Å². The normalized spacial score (nSPS) is 14.2. The van der Waals surface area contributed by atoms with Gasteiger partial charge in [-0.25, -0.2) is 0 Å². The Balaban J connectivity index is 2.05. The number of carbonyl (C=O) groups is 2. The number of hydrogen-bond acceptors (Lipinski definition) is 4. The average molecular weight is 290 g/mol. The number of amides is 2. The molecule has 0 radical (unpaired) electrons. The number of anilines is 2. The smallest absolute Gasteiger partial charge is 0.251 e. The number of benzene rings is 1. The van der Waals surface area contributed by atoms with Crippen molar-refractivity contribution in [3.05, 3.63) is 23.8 Å². The van der Waals surface area contributed by atoms with Gasteiger partial charge in [0.2, 0.25) is 5.91 Å². The lowest BCUT2D eigenvalue weighted by molar-refractivity contribution is -0.131. The van der Waals surface area contributed by atoms with Gasteiger partial charge in [0.05, 0.1) is 11.4 Å². The number of nitrogens with one attached hydrogen (secondary N) is 3. The summed E-state index contributed by atoms with van der Waals surface area (Å²) in [4.78, 5) is 25.8. The summed E-state index contributed by atoms with van der Waals surface area (Å²) >= 11 is 0. The molecule has 0 aromatic heterocycles. The van der Waals surface area contributed by atoms with Gasteiger partial charge in [-0.1, -0.05) is 0 Å². The molecular weight excluding hydrogens is 268 g/mol. The molecule has 6 nitrogen and oxygen atoms in total. The molecule has 1 aliphatic heterocycles. The van der Waals surface area contributed by atoms with Crippen molar-refractivity contribution in [2.75, 3.05) is 37.3 Å². The van der Waals surface area contributed by atoms with Crippen LogP contribution in [0.25, 0.3) is 0 Å². The largest absolute Gasteiger partial charge is 0.382 e. The SMILES string of the molecule is CCN(C)C(=O)C(C)NC(=O)c1ccc2c(c1)NCCN2. The second kappa shape index (κ2) is 6.47. The fraction of sp³-hybridized carbons (Fsp3) is 0.467. The van der Waals surface area contributed by atoms with Crippen LogP contribution in [0.5, 0.6) is 0 Å². The van der Waals surface area contributed by atoms with E-state index in [9.17, 15) is 9.59 Å². The van der Waals surface area contributed by atoms with Crippen LogP contribution in [0.1, 0.15) is 24.2 Å². The quantitative estimate of drug-likeness (QED) is 0.777. The molecule has 114 valence electrons. The van der Waals surface area contributed by atoms with Gasteiger partial charge in [0.15, 0.2) is 0 Å². The fourth-order valence-electron chi connectivity index (χ4n) is 2.21. The maximum absolute atomic E-state index is 12.2. The third-order valence-electron chi connectivity index (χ3n) is 3.61. The summed E-state index contributed by atoms with van der Waals surface area (Å²) in [5, 5.41) is 9.24. The van der Waals surface area contributed by atoms with Crippen LogP contribution in [0.4, 0.5) is 11.4 Å². The Bertz CT molecular complexity index is 544. The van der Waals surface area contributed by atoms with Crippen LogP contribution in [-0.2, 0) is 4.79 Å². The highest BCUT2D eigenvalue weighted by molar-refractivity contribution is 5.99. The molecule has 2 amide bonds. The molecule has 2 rings (SSSR count). The second-order valence-electron chi connectivity index (χ2n) is 5.16. The zero-order valence-electron chi connectivity index (χ0n) is 12.7. The zero-order valence-corrected chi connectivity index (χ0v) is 12.7. The van der Waals surface area contributed by atoms with E-state index in [-0.39, 0.29) is 11.8 Å². The van der Waals surface area contributed by atoms with Gasteiger partial charge >= 0.3 is 0 Å². The Kier molecular flexibility index (Phi) is 4.67. The maximum atomic E-state index is 12.2. The Morgan fingerprint density at radius 3 is 2.62 bits per heavy atom. The molecule has 0 saturated carbocycles. The highest BCUT2D eigenvalue weighted by atomic mass is 16.2. The van der Waals surface area contributed by atoms with Crippen molar-refractivity contribution < 1.29 is 9.59 Å². The van der Waals surface area contributed by atoms with E-state index in [4.69, 9.17) is 0 Å². The van der Waals surface area contributed by atoms with Gasteiger partial charge in [-0.05, 0) is 32.0 Å². The zero-order chi connectivity index (χ0) is 15.4. The van der Waals surface area contributed by atoms with Crippen molar-refractivity contribution in [1.29, 1.82) is 0 Å². The average Bonchev–Trinajstić information content (AvgIpc) is 2.52. The van der Waals surface area contributed by atoms with Gasteiger partial charge in [-0.3, -0.25) is 9.59 Å². The molecule has 1 atom stereocenters. The molecule has 0 aliphatic carbocycles. The molecule has 0 saturated heterocycles. The molecule has 1 heterocycles. The van der Waals surface area contributed by atoms with Crippen molar-refractivity contribution in [1.82, 2.24) is 10.2 Å². The Morgan fingerprint density at radius 2 is 1.95 bits per heavy atom. The van der Waals surface area contributed by atoms with Crippen molar-refractivity contribution in [2.45, 2.75) is 19.9 Å². The summed E-state index contributed by atoms with van der Waals surface area (Å²) in [7, 11) is 1.72. The first-order valence-electron chi connectivity index (χ1n) is 7.20. The van der Waals surface area contributed by atoms with Gasteiger partial charge in [0, 0.05) is 32.2 Å². The minimum absolute atomic E-state index is 0.0939. The molecule has 1 aromatic carbocycles. The second-order valence-corrected chi connectivity index (χ2v) is 5.16. The van der Waals surface area contributed by atoms with Crippen LogP contribution in [0.2, 0.25) is 0 Å². The third-order valence-corrected chi connectivity index (χ3v) is 3.61. The monoisotopic (exact) mass is 290 g/mol. The van der Waals surface area contributed by atoms with Crippen molar-refractivity contribution in [3.63, 3.8) is 0 Å². The molecule has 1 aliphatic rings. The number of fused-ring (bicyclic) bond motifs is 1. The molecule has 3 N–H and O–H groups in total. The third kappa shape index (κ3) is 3.45. The van der Waals surface area contributed by atoms with Crippen LogP contribution in [0, 0.1) is 0 Å². The lowest BCUT2D eigenvalue weighted by atomic mass is 10.1. The van der Waals surface area contributed by atoms with Gasteiger partial charge in [0.25, 0.3) is 5.91 Å². The molecule has 0 bridgehead atoms. The Hall–Kier alpha value is -2.24. The molecule has 21 heavy (non-hydrogen) atoms. The summed E-state index contributed by atoms with van der Waals surface area (Å²) in [5.41, 5.74) is 2.45. The first-order chi connectivity index (χ1) is 10.0. The van der Waals surface area contributed by atoms with E-state index < -0.39 is 6.04 Å². The van der Waals surface area contributed by atoms with Crippen LogP contribution in [0.15, 0.2) is 18.2 Å². The molecular formula is C15H22N4O2. The van der Waals surface area contributed by atoms with Crippen LogP contribution < -0.4 is 16.0 Å². The molecule has 0 fully saturated rings. The van der Waals surface area contributed by atoms with E-state index in [0.29, 0.717) is 12.1 Å². The van der Waals surface area contributed by atoms with E-state index in [1.165, 1.54) is 0 Å². The van der Waals surface area contributed by atoms with E-state index in [2.05, 4.69) is 16.0 Å². The molecule has 1 aromatic rings. The summed E-state index contributed by atoms with van der Waals surface area (Å²) in [6.07, 6.45) is 0. The predicted octanol–water partition coefficient (Wildman–Crippen LogP) is 1.12. The highest BCUT2D eigenvalue weighted by Crippen LogP contribution is 2.25. The Labute approximate surface area is 124 Å². The summed E-state index contributed by atoms with van der Waals surface area (Å²) in [5.74, 6) is -0.334. The maximum Gasteiger partial charge on any atom is 0.251 e. The number of rotatable bonds is 4. The number of hydrogen-bond donors (Lipinski definition) is 3. The van der Waals surface area contributed by atoms with Crippen LogP contribution >= 0.6 is 0 Å². The predicted molar refractivity (Wildman–Crippen MR) is 83.7 cm³/mol. The minimum Gasteiger partial charge on any atom is -0.382 e. The standard InChI is InChI=1S/C15H22N4O2/c1-4-19(3)15(21)10(2)18-14(20)11-5-6-12-13(9-11)17-8-7-16-12/h5-6,9-10,16-17H,4,7-8H2,1-3H3,(H,18,20). The fourth-order valence-corrected chi connectivity index (χ4v) is 2.21. The van der Waals surface area contributed by atoms with E-state index in [0.717, 1.165) is 24.5 Å². The lowest BCUT2D eigenvalue weighted by Crippen LogP contribution is -2.45. The molecule has 0 spiro atoms. The number of carbonyl (C=O) groups excluding carboxylic acids is 2. The lowest BCUT2D eigenvalue weighted by Gasteiger charge is -2.22. The Morgan fingerprint density at radius 1 is 1.29 bits per heavy atom. The summed E-state index contributed by atoms with van der Waals surface area (Å²) < 4.78 is 0. The number of nitrogens with zero attached hydrogens (tertiary/aromatic N) is 1. The van der Waals surface area contributed by atoms with Crippen molar-refractivity contribution >= 4 is 23.2 Å². The highest BCUT2D eigenvalue weighted by Gasteiger charge is 2.20. The van der Waals surface area contributed by atoms with Crippen molar-refractivity contribution in [2.24, 2.45) is 0 Å². The first kappa shape index (κ1) is 15.2. The summed E-state index contributed by atoms with van der Waals surface area (Å²) in [6, 6.07) is 4.90. The first-order valence-corrected chi connectivity index (χ1v) is 7.20. The van der Waals surface area contributed by atoms with Crippen molar-refractivity contribution in [3.8, 4) is 0 Å². The van der Waals surface area contributed by atoms with Crippen LogP contribution in [-0.4, -0.2) is 49.4 Å². The van der Waals surface area contributed by atoms with Crippen LogP contribution in [0.3, 0.4) is 0 Å². The van der Waals surface area contributed by atoms with Gasteiger partial charge < -0.3 is 20.9 Å². The molecule has 6 heteroatoms. The topological polar surface area (TPSA) is 73.5 Å². The number of likely N-dealkylation sites (N-methyl/N-ethyl adjacent to an activating group) is 1.